The zero-order valence-corrected chi connectivity index (χ0v) is 8.76. The number of aromatic nitrogens is 1. The van der Waals surface area contributed by atoms with Crippen LogP contribution < -0.4 is 11.2 Å². The van der Waals surface area contributed by atoms with Gasteiger partial charge in [0.15, 0.2) is 11.7 Å². The molecule has 1 aromatic heterocycles. The van der Waals surface area contributed by atoms with Crippen LogP contribution in [-0.4, -0.2) is 10.8 Å². The van der Waals surface area contributed by atoms with E-state index in [9.17, 15) is 4.39 Å². The first kappa shape index (κ1) is 9.77. The van der Waals surface area contributed by atoms with Gasteiger partial charge in [0.1, 0.15) is 11.5 Å². The molecule has 4 nitrogen and oxygen atoms in total. The van der Waals surface area contributed by atoms with Crippen LogP contribution in [0.5, 0.6) is 0 Å². The minimum atomic E-state index is -0.426. The van der Waals surface area contributed by atoms with E-state index in [-0.39, 0.29) is 11.5 Å². The fraction of sp³-hybridized carbons (Fsp3) is 0. The lowest BCUT2D eigenvalue weighted by Gasteiger charge is -2.04. The molecule has 0 unspecified atom stereocenters. The normalized spacial score (nSPS) is 12.9. The average Bonchev–Trinajstić information content (AvgIpc) is 2.71. The quantitative estimate of drug-likeness (QED) is 0.806. The molecule has 0 atom stereocenters. The average molecular weight is 227 g/mol. The summed E-state index contributed by atoms with van der Waals surface area (Å²) in [5, 5.41) is 3.67. The minimum absolute atomic E-state index is 0.200. The van der Waals surface area contributed by atoms with Gasteiger partial charge in [-0.2, -0.15) is 0 Å². The monoisotopic (exact) mass is 227 g/mol. The fourth-order valence-corrected chi connectivity index (χ4v) is 1.70. The van der Waals surface area contributed by atoms with Crippen LogP contribution in [0, 0.1) is 5.82 Å². The summed E-state index contributed by atoms with van der Waals surface area (Å²) in [5.74, 6) is 0.138. The molecule has 2 aromatic rings. The first-order valence-electron chi connectivity index (χ1n) is 5.06. The molecule has 0 amide bonds. The van der Waals surface area contributed by atoms with Crippen molar-refractivity contribution >= 4 is 11.7 Å². The molecule has 5 heteroatoms. The number of rotatable bonds is 1. The Morgan fingerprint density at radius 1 is 1.12 bits per heavy atom. The first-order valence-corrected chi connectivity index (χ1v) is 5.06. The van der Waals surface area contributed by atoms with Crippen molar-refractivity contribution in [3.8, 4) is 11.3 Å². The van der Waals surface area contributed by atoms with Gasteiger partial charge in [-0.05, 0) is 6.07 Å². The van der Waals surface area contributed by atoms with Gasteiger partial charge in [0.2, 0.25) is 0 Å². The van der Waals surface area contributed by atoms with Crippen LogP contribution in [0.25, 0.3) is 11.3 Å². The number of benzene rings is 1. The van der Waals surface area contributed by atoms with Crippen LogP contribution in [0.3, 0.4) is 0 Å². The summed E-state index contributed by atoms with van der Waals surface area (Å²) in [5.41, 5.74) is 10.8. The van der Waals surface area contributed by atoms with Crippen molar-refractivity contribution in [1.82, 2.24) is 10.4 Å². The lowest BCUT2D eigenvalue weighted by molar-refractivity contribution is 0.625. The molecular weight excluding hydrogens is 219 g/mol. The highest BCUT2D eigenvalue weighted by Crippen LogP contribution is 2.27. The van der Waals surface area contributed by atoms with E-state index >= 15 is 0 Å². The third-order valence-corrected chi connectivity index (χ3v) is 2.53. The van der Waals surface area contributed by atoms with Gasteiger partial charge in [-0.15, -0.1) is 10.5 Å². The third-order valence-electron chi connectivity index (χ3n) is 2.53. The molecule has 83 valence electrons. The largest absolute Gasteiger partial charge is 0.382 e. The molecule has 0 spiro atoms. The number of halogens is 1. The number of pyridine rings is 1. The fourth-order valence-electron chi connectivity index (χ4n) is 1.70. The van der Waals surface area contributed by atoms with E-state index in [0.717, 1.165) is 0 Å². The zero-order chi connectivity index (χ0) is 11.8. The van der Waals surface area contributed by atoms with Crippen molar-refractivity contribution in [2.24, 2.45) is 10.8 Å². The van der Waals surface area contributed by atoms with E-state index in [1.54, 1.807) is 12.1 Å². The van der Waals surface area contributed by atoms with Crippen molar-refractivity contribution in [3.05, 3.63) is 47.8 Å². The van der Waals surface area contributed by atoms with Crippen molar-refractivity contribution < 1.29 is 4.39 Å². The maximum atomic E-state index is 13.9. The summed E-state index contributed by atoms with van der Waals surface area (Å²) in [6.07, 6.45) is 0. The highest BCUT2D eigenvalue weighted by atomic mass is 19.1. The standard InChI is InChI=1S/C12H8FN4/c13-9-6-8-11(14)16-17-12(8)15-10(9)7-4-2-1-3-5-7/h1-6H,(H2,14,16). The second-order valence-electron chi connectivity index (χ2n) is 3.64. The van der Waals surface area contributed by atoms with Crippen LogP contribution in [0.15, 0.2) is 41.5 Å². The van der Waals surface area contributed by atoms with Crippen molar-refractivity contribution in [2.75, 3.05) is 0 Å². The van der Waals surface area contributed by atoms with E-state index in [4.69, 9.17) is 5.73 Å². The number of amidine groups is 1. The molecule has 2 heterocycles. The molecule has 17 heavy (non-hydrogen) atoms. The summed E-state index contributed by atoms with van der Waals surface area (Å²) in [7, 11) is 0. The number of fused-ring (bicyclic) bond motifs is 1. The lowest BCUT2D eigenvalue weighted by Crippen LogP contribution is -2.10. The molecule has 3 rings (SSSR count). The molecular formula is C12H8FN4. The minimum Gasteiger partial charge on any atom is -0.382 e. The Morgan fingerprint density at radius 3 is 2.65 bits per heavy atom. The molecule has 2 N–H and O–H groups in total. The molecule has 1 aromatic carbocycles. The molecule has 0 aliphatic carbocycles. The van der Waals surface area contributed by atoms with Gasteiger partial charge >= 0.3 is 0 Å². The second-order valence-corrected chi connectivity index (χ2v) is 3.64. The predicted molar refractivity (Wildman–Crippen MR) is 62.1 cm³/mol. The highest BCUT2D eigenvalue weighted by Gasteiger charge is 2.20. The molecule has 1 aliphatic rings. The van der Waals surface area contributed by atoms with Crippen LogP contribution in [0.2, 0.25) is 0 Å². The van der Waals surface area contributed by atoms with E-state index in [0.29, 0.717) is 16.9 Å². The van der Waals surface area contributed by atoms with E-state index in [1.807, 2.05) is 18.2 Å². The second kappa shape index (κ2) is 3.55. The molecule has 0 bridgehead atoms. The Kier molecular flexibility index (Phi) is 2.04. The van der Waals surface area contributed by atoms with Gasteiger partial charge in [0, 0.05) is 5.56 Å². The van der Waals surface area contributed by atoms with Crippen molar-refractivity contribution in [2.45, 2.75) is 0 Å². The third kappa shape index (κ3) is 1.52. The van der Waals surface area contributed by atoms with Crippen LogP contribution in [0.4, 0.5) is 10.2 Å². The SMILES string of the molecule is NC1=N[N]c2nc(-c3ccccc3)c(F)cc21. The van der Waals surface area contributed by atoms with Gasteiger partial charge < -0.3 is 5.73 Å². The Bertz CT molecular complexity index is 607. The van der Waals surface area contributed by atoms with Crippen molar-refractivity contribution in [3.63, 3.8) is 0 Å². The van der Waals surface area contributed by atoms with Gasteiger partial charge in [-0.1, -0.05) is 30.3 Å². The van der Waals surface area contributed by atoms with Crippen LogP contribution >= 0.6 is 0 Å². The van der Waals surface area contributed by atoms with Crippen molar-refractivity contribution in [1.29, 1.82) is 0 Å². The van der Waals surface area contributed by atoms with Gasteiger partial charge in [-0.3, -0.25) is 0 Å². The van der Waals surface area contributed by atoms with Crippen LogP contribution in [0.1, 0.15) is 5.56 Å². The number of hydrogen-bond donors (Lipinski definition) is 1. The predicted octanol–water partition coefficient (Wildman–Crippen LogP) is 1.76. The van der Waals surface area contributed by atoms with Crippen LogP contribution in [-0.2, 0) is 0 Å². The lowest BCUT2D eigenvalue weighted by atomic mass is 10.1. The summed E-state index contributed by atoms with van der Waals surface area (Å²) in [6.45, 7) is 0. The summed E-state index contributed by atoms with van der Waals surface area (Å²) < 4.78 is 13.9. The maximum absolute atomic E-state index is 13.9. The summed E-state index contributed by atoms with van der Waals surface area (Å²) >= 11 is 0. The summed E-state index contributed by atoms with van der Waals surface area (Å²) in [6, 6.07) is 10.4. The molecule has 1 aliphatic heterocycles. The Balaban J connectivity index is 2.16. The molecule has 0 saturated carbocycles. The molecule has 1 radical (unpaired) electrons. The number of hydrogen-bond acceptors (Lipinski definition) is 3. The Hall–Kier alpha value is -2.43. The van der Waals surface area contributed by atoms with Gasteiger partial charge in [0.05, 0.1) is 5.56 Å². The molecule has 0 fully saturated rings. The van der Waals surface area contributed by atoms with E-state index in [2.05, 4.69) is 15.5 Å². The number of nitrogens with two attached hydrogens (primary N) is 1. The summed E-state index contributed by atoms with van der Waals surface area (Å²) in [4.78, 5) is 4.14. The first-order chi connectivity index (χ1) is 8.25. The highest BCUT2D eigenvalue weighted by molar-refractivity contribution is 6.03. The van der Waals surface area contributed by atoms with Gasteiger partial charge in [0.25, 0.3) is 0 Å². The van der Waals surface area contributed by atoms with E-state index in [1.165, 1.54) is 6.07 Å². The molecule has 0 saturated heterocycles. The van der Waals surface area contributed by atoms with E-state index < -0.39 is 5.82 Å². The number of nitrogens with zero attached hydrogens (tertiary/aromatic N) is 3. The maximum Gasteiger partial charge on any atom is 0.186 e. The smallest absolute Gasteiger partial charge is 0.186 e. The topological polar surface area (TPSA) is 65.4 Å². The van der Waals surface area contributed by atoms with Gasteiger partial charge in [-0.25, -0.2) is 9.37 Å². The Labute approximate surface area is 97.0 Å². The Morgan fingerprint density at radius 2 is 1.88 bits per heavy atom. The zero-order valence-electron chi connectivity index (χ0n) is 8.76.